The number of benzene rings is 1. The van der Waals surface area contributed by atoms with Gasteiger partial charge < -0.3 is 20.3 Å². The summed E-state index contributed by atoms with van der Waals surface area (Å²) in [5.41, 5.74) is 2.64. The number of amides is 4. The molecule has 14 heteroatoms. The van der Waals surface area contributed by atoms with Crippen LogP contribution >= 0.6 is 11.3 Å². The standard InChI is InChI=1S/C38H59N7O6S/c1-10-24(4)32(42-37(50)38(7)17-14-18-44(38)8)36(49)45(9)30(23(2)3)21-31(51-26(6)46)35-41-29(22-52-35)34(48)40-28(19-25(5)33(47)43-39)20-27-15-12-11-13-16-27/h11-13,15-16,22-25,28,30-32H,10,14,17-21,39H2,1-9H3,(H,40,48)(H,42,50)(H,43,47)/t24-,25-,28+,30+,31?,32-,38+/m0/s1. The zero-order chi connectivity index (χ0) is 38.7. The Kier molecular flexibility index (Phi) is 15.8. The van der Waals surface area contributed by atoms with Crippen molar-refractivity contribution in [3.63, 3.8) is 0 Å². The summed E-state index contributed by atoms with van der Waals surface area (Å²) in [5.74, 6) is 3.10. The van der Waals surface area contributed by atoms with Crippen molar-refractivity contribution in [3.8, 4) is 0 Å². The highest BCUT2D eigenvalue weighted by molar-refractivity contribution is 7.09. The molecule has 288 valence electrons. The van der Waals surface area contributed by atoms with E-state index < -0.39 is 47.6 Å². The number of hydrazine groups is 1. The van der Waals surface area contributed by atoms with Gasteiger partial charge in [-0.05, 0) is 63.6 Å². The summed E-state index contributed by atoms with van der Waals surface area (Å²) in [7, 11) is 3.66. The van der Waals surface area contributed by atoms with Gasteiger partial charge in [0, 0.05) is 43.8 Å². The van der Waals surface area contributed by atoms with Crippen LogP contribution < -0.4 is 21.9 Å². The first-order valence-electron chi connectivity index (χ1n) is 18.3. The molecule has 0 radical (unpaired) electrons. The van der Waals surface area contributed by atoms with E-state index in [0.717, 1.165) is 24.9 Å². The molecular formula is C38H59N7O6S. The maximum absolute atomic E-state index is 14.2. The molecule has 1 aliphatic rings. The maximum Gasteiger partial charge on any atom is 0.303 e. The van der Waals surface area contributed by atoms with Crippen LogP contribution in [0.3, 0.4) is 0 Å². The fourth-order valence-corrected chi connectivity index (χ4v) is 7.65. The van der Waals surface area contributed by atoms with E-state index >= 15 is 0 Å². The minimum Gasteiger partial charge on any atom is -0.455 e. The van der Waals surface area contributed by atoms with Gasteiger partial charge in [0.1, 0.15) is 16.7 Å². The summed E-state index contributed by atoms with van der Waals surface area (Å²) in [6.07, 6.45) is 2.57. The van der Waals surface area contributed by atoms with E-state index in [1.165, 1.54) is 18.3 Å². The largest absolute Gasteiger partial charge is 0.455 e. The van der Waals surface area contributed by atoms with E-state index in [-0.39, 0.29) is 41.7 Å². The van der Waals surface area contributed by atoms with Crippen LogP contribution in [0.25, 0.3) is 0 Å². The van der Waals surface area contributed by atoms with Crippen molar-refractivity contribution < 1.29 is 28.7 Å². The average Bonchev–Trinajstić information content (AvgIpc) is 3.74. The van der Waals surface area contributed by atoms with Gasteiger partial charge >= 0.3 is 5.97 Å². The van der Waals surface area contributed by atoms with E-state index in [0.29, 0.717) is 24.3 Å². The van der Waals surface area contributed by atoms with Crippen LogP contribution in [0, 0.1) is 17.8 Å². The first kappa shape index (κ1) is 42.5. The molecule has 1 aromatic heterocycles. The second kappa shape index (κ2) is 19.3. The van der Waals surface area contributed by atoms with Crippen molar-refractivity contribution in [2.24, 2.45) is 23.6 Å². The number of carbonyl (C=O) groups excluding carboxylic acids is 5. The van der Waals surface area contributed by atoms with Crippen LogP contribution in [0.15, 0.2) is 35.7 Å². The zero-order valence-electron chi connectivity index (χ0n) is 32.2. The molecular weight excluding hydrogens is 683 g/mol. The Balaban J connectivity index is 1.83. The van der Waals surface area contributed by atoms with Gasteiger partial charge in [0.25, 0.3) is 5.91 Å². The molecule has 0 bridgehead atoms. The minimum absolute atomic E-state index is 0.0482. The third-order valence-corrected chi connectivity index (χ3v) is 11.5. The molecule has 0 spiro atoms. The molecule has 3 rings (SSSR count). The number of nitrogens with zero attached hydrogens (tertiary/aromatic N) is 3. The van der Waals surface area contributed by atoms with Gasteiger partial charge in [-0.1, -0.05) is 71.4 Å². The summed E-state index contributed by atoms with van der Waals surface area (Å²) in [6.45, 7) is 13.7. The molecule has 1 saturated heterocycles. The number of carbonyl (C=O) groups is 5. The van der Waals surface area contributed by atoms with Gasteiger partial charge in [-0.2, -0.15) is 0 Å². The number of aromatic nitrogens is 1. The number of likely N-dealkylation sites (tertiary alicyclic amines) is 1. The molecule has 1 fully saturated rings. The lowest BCUT2D eigenvalue weighted by molar-refractivity contribution is -0.149. The van der Waals surface area contributed by atoms with Crippen molar-refractivity contribution in [1.82, 2.24) is 30.8 Å². The highest BCUT2D eigenvalue weighted by Gasteiger charge is 2.44. The van der Waals surface area contributed by atoms with E-state index in [1.807, 2.05) is 76.9 Å². The number of esters is 1. The smallest absolute Gasteiger partial charge is 0.303 e. The second-order valence-electron chi connectivity index (χ2n) is 14.8. The predicted octanol–water partition coefficient (Wildman–Crippen LogP) is 3.99. The first-order chi connectivity index (χ1) is 24.5. The van der Waals surface area contributed by atoms with Crippen molar-refractivity contribution in [3.05, 3.63) is 52.0 Å². The first-order valence-corrected chi connectivity index (χ1v) is 19.2. The monoisotopic (exact) mass is 741 g/mol. The Labute approximate surface area is 312 Å². The van der Waals surface area contributed by atoms with Crippen LogP contribution in [0.1, 0.15) is 108 Å². The van der Waals surface area contributed by atoms with Gasteiger partial charge in [-0.15, -0.1) is 11.3 Å². The summed E-state index contributed by atoms with van der Waals surface area (Å²) < 4.78 is 5.79. The lowest BCUT2D eigenvalue weighted by atomic mass is 9.91. The molecule has 5 N–H and O–H groups in total. The van der Waals surface area contributed by atoms with Crippen LogP contribution in [-0.4, -0.2) is 88.7 Å². The summed E-state index contributed by atoms with van der Waals surface area (Å²) in [6, 6.07) is 8.13. The molecule has 7 atom stereocenters. The lowest BCUT2D eigenvalue weighted by Crippen LogP contribution is -2.60. The van der Waals surface area contributed by atoms with Gasteiger partial charge in [0.05, 0.1) is 5.54 Å². The lowest BCUT2D eigenvalue weighted by Gasteiger charge is -2.38. The molecule has 0 aliphatic carbocycles. The molecule has 13 nitrogen and oxygen atoms in total. The molecule has 4 amide bonds. The fraction of sp³-hybridized carbons (Fsp3) is 0.632. The average molecular weight is 742 g/mol. The number of hydrogen-bond acceptors (Lipinski definition) is 10. The van der Waals surface area contributed by atoms with Crippen LogP contribution in [0.5, 0.6) is 0 Å². The van der Waals surface area contributed by atoms with E-state index in [9.17, 15) is 24.0 Å². The number of ether oxygens (including phenoxy) is 1. The summed E-state index contributed by atoms with van der Waals surface area (Å²) in [4.78, 5) is 74.3. The normalized spacial score (nSPS) is 19.5. The molecule has 2 aromatic rings. The third kappa shape index (κ3) is 11.1. The van der Waals surface area contributed by atoms with E-state index in [2.05, 4.69) is 21.0 Å². The number of nitrogens with two attached hydrogens (primary N) is 1. The molecule has 0 saturated carbocycles. The van der Waals surface area contributed by atoms with E-state index in [4.69, 9.17) is 10.6 Å². The third-order valence-electron chi connectivity index (χ3n) is 10.6. The Hall–Kier alpha value is -3.88. The molecule has 1 aliphatic heterocycles. The Morgan fingerprint density at radius 3 is 2.31 bits per heavy atom. The SMILES string of the molecule is CC[C@H](C)[C@H](NC(=O)[C@@]1(C)CCCN1C)C(=O)N(C)[C@H](CC(OC(C)=O)c1nc(C(=O)N[C@@H](Cc2ccccc2)C[C@H](C)C(=O)NN)cs1)C(C)C. The highest BCUT2D eigenvalue weighted by atomic mass is 32.1. The number of nitrogens with one attached hydrogen (secondary N) is 3. The van der Waals surface area contributed by atoms with Gasteiger partial charge in [0.2, 0.25) is 17.7 Å². The van der Waals surface area contributed by atoms with Crippen LogP contribution in [-0.2, 0) is 30.3 Å². The van der Waals surface area contributed by atoms with Gasteiger partial charge in [-0.3, -0.25) is 34.3 Å². The van der Waals surface area contributed by atoms with Gasteiger partial charge in [-0.25, -0.2) is 10.8 Å². The predicted molar refractivity (Wildman–Crippen MR) is 202 cm³/mol. The zero-order valence-corrected chi connectivity index (χ0v) is 33.0. The van der Waals surface area contributed by atoms with Crippen molar-refractivity contribution in [1.29, 1.82) is 0 Å². The van der Waals surface area contributed by atoms with Crippen LogP contribution in [0.4, 0.5) is 0 Å². The second-order valence-corrected chi connectivity index (χ2v) is 15.7. The van der Waals surface area contributed by atoms with Gasteiger partial charge in [0.15, 0.2) is 6.10 Å². The molecule has 52 heavy (non-hydrogen) atoms. The maximum atomic E-state index is 14.2. The molecule has 1 unspecified atom stereocenters. The highest BCUT2D eigenvalue weighted by Crippen LogP contribution is 2.32. The summed E-state index contributed by atoms with van der Waals surface area (Å²) >= 11 is 1.20. The van der Waals surface area contributed by atoms with Crippen molar-refractivity contribution in [2.45, 2.75) is 117 Å². The number of likely N-dealkylation sites (N-methyl/N-ethyl adjacent to an activating group) is 2. The number of thiazole rings is 1. The van der Waals surface area contributed by atoms with Crippen LogP contribution in [0.2, 0.25) is 0 Å². The van der Waals surface area contributed by atoms with Crippen molar-refractivity contribution >= 4 is 40.9 Å². The number of hydrogen-bond donors (Lipinski definition) is 4. The quantitative estimate of drug-likeness (QED) is 0.0762. The van der Waals surface area contributed by atoms with Crippen molar-refractivity contribution in [2.75, 3.05) is 20.6 Å². The summed E-state index contributed by atoms with van der Waals surface area (Å²) in [5, 5.41) is 8.17. The van der Waals surface area contributed by atoms with E-state index in [1.54, 1.807) is 24.3 Å². The minimum atomic E-state index is -0.831. The topological polar surface area (TPSA) is 176 Å². The Morgan fingerprint density at radius 1 is 1.08 bits per heavy atom. The number of rotatable bonds is 18. The fourth-order valence-electron chi connectivity index (χ4n) is 6.81. The Bertz CT molecular complexity index is 1520. The molecule has 1 aromatic carbocycles. The Morgan fingerprint density at radius 2 is 1.75 bits per heavy atom. The molecule has 2 heterocycles.